The van der Waals surface area contributed by atoms with Gasteiger partial charge in [-0.3, -0.25) is 5.32 Å². The normalized spacial score (nSPS) is 26.2. The molecule has 0 bridgehead atoms. The molecule has 150 valence electrons. The third-order valence-corrected chi connectivity index (χ3v) is 9.38. The number of ether oxygens (including phenoxy) is 1. The molecule has 3 rings (SSSR count). The number of hydrogen-bond acceptors (Lipinski definition) is 6. The summed E-state index contributed by atoms with van der Waals surface area (Å²) < 4.78 is 5.44. The van der Waals surface area contributed by atoms with Crippen LogP contribution in [0.15, 0.2) is 35.9 Å². The van der Waals surface area contributed by atoms with Crippen LogP contribution >= 0.6 is 35.3 Å². The van der Waals surface area contributed by atoms with Gasteiger partial charge in [-0.25, -0.2) is 0 Å². The molecule has 1 aliphatic carbocycles. The minimum absolute atomic E-state index is 0.159. The number of thioether (sulfide) groups is 3. The second-order valence-electron chi connectivity index (χ2n) is 7.38. The van der Waals surface area contributed by atoms with Gasteiger partial charge in [0.2, 0.25) is 0 Å². The summed E-state index contributed by atoms with van der Waals surface area (Å²) in [6.45, 7) is 2.28. The molecule has 3 unspecified atom stereocenters. The molecule has 6 heteroatoms. The summed E-state index contributed by atoms with van der Waals surface area (Å²) in [6, 6.07) is 8.46. The number of nitrogens with two attached hydrogens (primary N) is 1. The second-order valence-corrected chi connectivity index (χ2v) is 11.0. The van der Waals surface area contributed by atoms with E-state index in [2.05, 4.69) is 42.6 Å². The number of nitrogens with one attached hydrogen (secondary N) is 1. The first-order chi connectivity index (χ1) is 13.1. The Morgan fingerprint density at radius 1 is 1.33 bits per heavy atom. The molecule has 3 N–H and O–H groups in total. The van der Waals surface area contributed by atoms with Gasteiger partial charge in [0, 0.05) is 22.8 Å². The average Bonchev–Trinajstić information content (AvgIpc) is 3.36. The maximum Gasteiger partial charge on any atom is 0.118 e. The van der Waals surface area contributed by atoms with E-state index in [9.17, 15) is 0 Å². The van der Waals surface area contributed by atoms with Gasteiger partial charge >= 0.3 is 0 Å². The zero-order valence-corrected chi connectivity index (χ0v) is 18.9. The van der Waals surface area contributed by atoms with Crippen LogP contribution in [0.4, 0.5) is 0 Å². The molecule has 1 aromatic rings. The molecule has 27 heavy (non-hydrogen) atoms. The van der Waals surface area contributed by atoms with Gasteiger partial charge in [0.25, 0.3) is 0 Å². The van der Waals surface area contributed by atoms with Crippen molar-refractivity contribution in [2.75, 3.05) is 24.4 Å². The quantitative estimate of drug-likeness (QED) is 0.388. The smallest absolute Gasteiger partial charge is 0.118 e. The van der Waals surface area contributed by atoms with E-state index < -0.39 is 0 Å². The lowest BCUT2D eigenvalue weighted by molar-refractivity contribution is 0.387. The van der Waals surface area contributed by atoms with Crippen LogP contribution in [0.3, 0.4) is 0 Å². The Hall–Kier alpha value is -0.270. The van der Waals surface area contributed by atoms with E-state index in [0.29, 0.717) is 5.37 Å². The first-order valence-electron chi connectivity index (χ1n) is 9.84. The van der Waals surface area contributed by atoms with Crippen molar-refractivity contribution in [1.29, 1.82) is 0 Å². The average molecular weight is 425 g/mol. The molecular formula is C21H32N2OS3. The van der Waals surface area contributed by atoms with Crippen LogP contribution in [0.2, 0.25) is 0 Å². The Labute approximate surface area is 177 Å². The third-order valence-electron chi connectivity index (χ3n) is 5.20. The topological polar surface area (TPSA) is 47.3 Å². The number of allylic oxidation sites excluding steroid dienone is 1. The van der Waals surface area contributed by atoms with Crippen molar-refractivity contribution in [3.8, 4) is 5.75 Å². The molecule has 3 atom stereocenters. The van der Waals surface area contributed by atoms with Gasteiger partial charge in [0.1, 0.15) is 5.75 Å². The van der Waals surface area contributed by atoms with Gasteiger partial charge in [-0.15, -0.1) is 35.3 Å². The Bertz CT molecular complexity index is 622. The Morgan fingerprint density at radius 2 is 2.15 bits per heavy atom. The first kappa shape index (κ1) is 21.4. The van der Waals surface area contributed by atoms with Crippen LogP contribution in [0, 0.1) is 0 Å². The predicted octanol–water partition coefficient (Wildman–Crippen LogP) is 5.39. The molecule has 0 amide bonds. The molecule has 1 aromatic carbocycles. The highest BCUT2D eigenvalue weighted by Crippen LogP contribution is 2.42. The number of rotatable bonds is 10. The largest absolute Gasteiger partial charge is 0.497 e. The number of benzene rings is 1. The Morgan fingerprint density at radius 3 is 2.81 bits per heavy atom. The van der Waals surface area contributed by atoms with E-state index in [-0.39, 0.29) is 10.2 Å². The van der Waals surface area contributed by atoms with Crippen molar-refractivity contribution in [2.45, 2.75) is 54.6 Å². The highest BCUT2D eigenvalue weighted by atomic mass is 32.2. The van der Waals surface area contributed by atoms with Gasteiger partial charge in [-0.1, -0.05) is 37.1 Å². The van der Waals surface area contributed by atoms with Crippen molar-refractivity contribution in [2.24, 2.45) is 5.73 Å². The number of methoxy groups -OCH3 is 1. The van der Waals surface area contributed by atoms with E-state index in [4.69, 9.17) is 10.5 Å². The van der Waals surface area contributed by atoms with Crippen LogP contribution in [-0.4, -0.2) is 34.6 Å². The van der Waals surface area contributed by atoms with Crippen molar-refractivity contribution < 1.29 is 4.74 Å². The fourth-order valence-corrected chi connectivity index (χ4v) is 7.56. The summed E-state index contributed by atoms with van der Waals surface area (Å²) in [5, 5.41) is 4.29. The summed E-state index contributed by atoms with van der Waals surface area (Å²) in [5.41, 5.74) is 9.51. The highest BCUT2D eigenvalue weighted by Gasteiger charge is 2.39. The fourth-order valence-electron chi connectivity index (χ4n) is 3.69. The summed E-state index contributed by atoms with van der Waals surface area (Å²) in [7, 11) is 1.71. The van der Waals surface area contributed by atoms with Gasteiger partial charge in [0.15, 0.2) is 0 Å². The molecule has 1 saturated heterocycles. The Kier molecular flexibility index (Phi) is 8.33. The van der Waals surface area contributed by atoms with Crippen molar-refractivity contribution in [3.63, 3.8) is 0 Å². The molecule has 1 heterocycles. The van der Waals surface area contributed by atoms with E-state index in [1.165, 1.54) is 37.7 Å². The monoisotopic (exact) mass is 424 g/mol. The van der Waals surface area contributed by atoms with E-state index in [0.717, 1.165) is 23.0 Å². The fraction of sp³-hybridized carbons (Fsp3) is 0.619. The summed E-state index contributed by atoms with van der Waals surface area (Å²) in [6.07, 6.45) is 8.64. The molecule has 3 nitrogen and oxygen atoms in total. The lowest BCUT2D eigenvalue weighted by atomic mass is 9.98. The summed E-state index contributed by atoms with van der Waals surface area (Å²) in [5.74, 6) is 4.24. The third kappa shape index (κ3) is 6.10. The second kappa shape index (κ2) is 10.5. The molecule has 0 aromatic heterocycles. The van der Waals surface area contributed by atoms with Gasteiger partial charge in [-0.2, -0.15) is 0 Å². The summed E-state index contributed by atoms with van der Waals surface area (Å²) >= 11 is 5.84. The standard InChI is InChI=1S/C21H32N2OS3/c1-3-12-21(15-27-20(22)25-13-16-6-4-5-7-16)14-26-19(23-21)17-8-10-18(24-2)11-9-17/h6,8-11,19-20,23H,3-5,7,12-15,22H2,1-2H3. The molecule has 1 fully saturated rings. The van der Waals surface area contributed by atoms with Crippen LogP contribution in [0.25, 0.3) is 0 Å². The molecule has 0 radical (unpaired) electrons. The zero-order chi connectivity index (χ0) is 19.1. The van der Waals surface area contributed by atoms with Gasteiger partial charge in [-0.05, 0) is 43.4 Å². The van der Waals surface area contributed by atoms with Gasteiger partial charge < -0.3 is 10.5 Å². The molecule has 2 aliphatic rings. The minimum Gasteiger partial charge on any atom is -0.497 e. The van der Waals surface area contributed by atoms with Crippen molar-refractivity contribution in [1.82, 2.24) is 5.32 Å². The summed E-state index contributed by atoms with van der Waals surface area (Å²) in [4.78, 5) is 0. The lowest BCUT2D eigenvalue weighted by Gasteiger charge is -2.30. The van der Waals surface area contributed by atoms with Gasteiger partial charge in [0.05, 0.1) is 17.2 Å². The predicted molar refractivity (Wildman–Crippen MR) is 124 cm³/mol. The molecular weight excluding hydrogens is 392 g/mol. The first-order valence-corrected chi connectivity index (χ1v) is 13.0. The SMILES string of the molecule is CCCC1(CSC(N)SCC2=CCCC2)CSC(c2ccc(OC)cc2)N1. The lowest BCUT2D eigenvalue weighted by Crippen LogP contribution is -2.46. The Balaban J connectivity index is 1.52. The maximum absolute atomic E-state index is 6.41. The van der Waals surface area contributed by atoms with Crippen molar-refractivity contribution >= 4 is 35.3 Å². The van der Waals surface area contributed by atoms with Crippen LogP contribution in [-0.2, 0) is 0 Å². The van der Waals surface area contributed by atoms with E-state index >= 15 is 0 Å². The van der Waals surface area contributed by atoms with Crippen LogP contribution < -0.4 is 15.8 Å². The van der Waals surface area contributed by atoms with E-state index in [1.807, 2.05) is 35.3 Å². The van der Waals surface area contributed by atoms with E-state index in [1.54, 1.807) is 12.7 Å². The molecule has 0 saturated carbocycles. The van der Waals surface area contributed by atoms with Crippen LogP contribution in [0.1, 0.15) is 50.0 Å². The zero-order valence-electron chi connectivity index (χ0n) is 16.4. The van der Waals surface area contributed by atoms with Crippen LogP contribution in [0.5, 0.6) is 5.75 Å². The molecule has 0 spiro atoms. The highest BCUT2D eigenvalue weighted by molar-refractivity contribution is 8.17. The minimum atomic E-state index is 0.159. The molecule has 1 aliphatic heterocycles. The maximum atomic E-state index is 6.41. The number of hydrogen-bond donors (Lipinski definition) is 2. The van der Waals surface area contributed by atoms with Crippen molar-refractivity contribution in [3.05, 3.63) is 41.5 Å².